The minimum absolute atomic E-state index is 0.315. The van der Waals surface area contributed by atoms with E-state index in [1.54, 1.807) is 0 Å². The van der Waals surface area contributed by atoms with Gasteiger partial charge in [-0.2, -0.15) is 9.94 Å². The van der Waals surface area contributed by atoms with E-state index >= 15 is 0 Å². The third kappa shape index (κ3) is 2.30. The molecular formula is C14H14N6S. The summed E-state index contributed by atoms with van der Waals surface area (Å²) in [5.74, 6) is 0.825. The van der Waals surface area contributed by atoms with E-state index < -0.39 is 0 Å². The summed E-state index contributed by atoms with van der Waals surface area (Å²) in [7, 11) is 0. The molecule has 6 nitrogen and oxygen atoms in total. The fraction of sp³-hybridized carbons (Fsp3) is 0.214. The summed E-state index contributed by atoms with van der Waals surface area (Å²) >= 11 is 1.49. The molecule has 0 radical (unpaired) electrons. The minimum Gasteiger partial charge on any atom is -0.382 e. The van der Waals surface area contributed by atoms with E-state index in [2.05, 4.69) is 21.5 Å². The lowest BCUT2D eigenvalue weighted by Crippen LogP contribution is -2.03. The SMILES string of the molecule is CCCNc1nn(-c2nc3ccccc3s2)c(N)c1C#N. The molecule has 0 amide bonds. The second-order valence-corrected chi connectivity index (χ2v) is 5.53. The van der Waals surface area contributed by atoms with Crippen molar-refractivity contribution in [3.05, 3.63) is 29.8 Å². The highest BCUT2D eigenvalue weighted by Crippen LogP contribution is 2.29. The maximum Gasteiger partial charge on any atom is 0.213 e. The Labute approximate surface area is 125 Å². The van der Waals surface area contributed by atoms with Gasteiger partial charge in [0.15, 0.2) is 5.82 Å². The lowest BCUT2D eigenvalue weighted by Gasteiger charge is -1.98. The third-order valence-corrected chi connectivity index (χ3v) is 4.05. The number of fused-ring (bicyclic) bond motifs is 1. The van der Waals surface area contributed by atoms with Crippen LogP contribution in [0.2, 0.25) is 0 Å². The summed E-state index contributed by atoms with van der Waals surface area (Å²) < 4.78 is 2.59. The van der Waals surface area contributed by atoms with Gasteiger partial charge in [-0.3, -0.25) is 0 Å². The van der Waals surface area contributed by atoms with Crippen LogP contribution in [0.1, 0.15) is 18.9 Å². The summed E-state index contributed by atoms with van der Waals surface area (Å²) in [5.41, 5.74) is 7.31. The molecule has 3 rings (SSSR count). The molecule has 0 saturated carbocycles. The number of nitrogens with one attached hydrogen (secondary N) is 1. The Morgan fingerprint density at radius 3 is 2.95 bits per heavy atom. The van der Waals surface area contributed by atoms with E-state index in [1.807, 2.05) is 31.2 Å². The van der Waals surface area contributed by atoms with Gasteiger partial charge in [0.05, 0.1) is 10.2 Å². The largest absolute Gasteiger partial charge is 0.382 e. The maximum absolute atomic E-state index is 9.26. The number of aromatic nitrogens is 3. The smallest absolute Gasteiger partial charge is 0.213 e. The Balaban J connectivity index is 2.09. The molecule has 106 valence electrons. The van der Waals surface area contributed by atoms with E-state index in [0.717, 1.165) is 23.2 Å². The van der Waals surface area contributed by atoms with Crippen molar-refractivity contribution in [2.24, 2.45) is 0 Å². The van der Waals surface area contributed by atoms with E-state index in [9.17, 15) is 5.26 Å². The predicted octanol–water partition coefficient (Wildman–Crippen LogP) is 2.76. The van der Waals surface area contributed by atoms with Gasteiger partial charge in [-0.1, -0.05) is 30.4 Å². The van der Waals surface area contributed by atoms with E-state index in [4.69, 9.17) is 5.73 Å². The Hall–Kier alpha value is -2.59. The predicted molar refractivity (Wildman–Crippen MR) is 84.7 cm³/mol. The van der Waals surface area contributed by atoms with Crippen LogP contribution in [0.5, 0.6) is 0 Å². The van der Waals surface area contributed by atoms with E-state index in [1.165, 1.54) is 16.0 Å². The molecule has 0 aliphatic rings. The van der Waals surface area contributed by atoms with Gasteiger partial charge in [0.1, 0.15) is 17.5 Å². The Bertz CT molecular complexity index is 793. The molecule has 0 bridgehead atoms. The highest BCUT2D eigenvalue weighted by molar-refractivity contribution is 7.20. The normalized spacial score (nSPS) is 10.7. The van der Waals surface area contributed by atoms with Crippen molar-refractivity contribution in [1.82, 2.24) is 14.8 Å². The van der Waals surface area contributed by atoms with Gasteiger partial charge < -0.3 is 11.1 Å². The lowest BCUT2D eigenvalue weighted by atomic mass is 10.3. The monoisotopic (exact) mass is 298 g/mol. The minimum atomic E-state index is 0.315. The molecule has 0 aliphatic carbocycles. The summed E-state index contributed by atoms with van der Waals surface area (Å²) in [6.07, 6.45) is 0.943. The number of rotatable bonds is 4. The summed E-state index contributed by atoms with van der Waals surface area (Å²) in [4.78, 5) is 4.51. The first-order valence-corrected chi connectivity index (χ1v) is 7.44. The van der Waals surface area contributed by atoms with Gasteiger partial charge in [-0.15, -0.1) is 5.10 Å². The first-order chi connectivity index (χ1) is 10.2. The standard InChI is InChI=1S/C14H14N6S/c1-2-7-17-13-9(8-15)12(16)20(19-13)14-18-10-5-3-4-6-11(10)21-14/h3-6H,2,7,16H2,1H3,(H,17,19). The zero-order valence-corrected chi connectivity index (χ0v) is 12.3. The molecule has 0 unspecified atom stereocenters. The van der Waals surface area contributed by atoms with Crippen LogP contribution in [0.25, 0.3) is 15.3 Å². The van der Waals surface area contributed by atoms with Crippen molar-refractivity contribution in [3.8, 4) is 11.2 Å². The molecule has 3 aromatic rings. The summed E-state index contributed by atoms with van der Waals surface area (Å²) in [5, 5.41) is 17.4. The van der Waals surface area contributed by atoms with E-state index in [-0.39, 0.29) is 0 Å². The lowest BCUT2D eigenvalue weighted by molar-refractivity contribution is 0.874. The molecular weight excluding hydrogens is 284 g/mol. The highest BCUT2D eigenvalue weighted by atomic mass is 32.1. The van der Waals surface area contributed by atoms with Crippen LogP contribution < -0.4 is 11.1 Å². The number of para-hydroxylation sites is 1. The second-order valence-electron chi connectivity index (χ2n) is 4.52. The number of nitrogens with zero attached hydrogens (tertiary/aromatic N) is 4. The van der Waals surface area contributed by atoms with Gasteiger partial charge in [-0.25, -0.2) is 4.98 Å². The van der Waals surface area contributed by atoms with Crippen LogP contribution in [0, 0.1) is 11.3 Å². The Kier molecular flexibility index (Phi) is 3.46. The van der Waals surface area contributed by atoms with Crippen LogP contribution in [0.15, 0.2) is 24.3 Å². The molecule has 0 spiro atoms. The van der Waals surface area contributed by atoms with Crippen LogP contribution in [0.4, 0.5) is 11.6 Å². The number of nitrogen functional groups attached to an aromatic ring is 1. The van der Waals surface area contributed by atoms with Crippen LogP contribution >= 0.6 is 11.3 Å². The van der Waals surface area contributed by atoms with Crippen molar-refractivity contribution >= 4 is 33.2 Å². The molecule has 21 heavy (non-hydrogen) atoms. The molecule has 2 heterocycles. The van der Waals surface area contributed by atoms with Crippen LogP contribution in [-0.4, -0.2) is 21.3 Å². The molecule has 2 aromatic heterocycles. The van der Waals surface area contributed by atoms with E-state index in [0.29, 0.717) is 22.3 Å². The van der Waals surface area contributed by atoms with Gasteiger partial charge >= 0.3 is 0 Å². The average molecular weight is 298 g/mol. The van der Waals surface area contributed by atoms with Crippen molar-refractivity contribution in [3.63, 3.8) is 0 Å². The Morgan fingerprint density at radius 1 is 1.43 bits per heavy atom. The number of nitrogens with two attached hydrogens (primary N) is 1. The number of thiazole rings is 1. The number of anilines is 2. The topological polar surface area (TPSA) is 92.6 Å². The highest BCUT2D eigenvalue weighted by Gasteiger charge is 2.18. The van der Waals surface area contributed by atoms with Crippen LogP contribution in [-0.2, 0) is 0 Å². The molecule has 0 aliphatic heterocycles. The zero-order valence-electron chi connectivity index (χ0n) is 11.5. The average Bonchev–Trinajstić information content (AvgIpc) is 3.05. The Morgan fingerprint density at radius 2 is 2.24 bits per heavy atom. The summed E-state index contributed by atoms with van der Waals surface area (Å²) in [6.45, 7) is 2.79. The van der Waals surface area contributed by atoms with Crippen molar-refractivity contribution < 1.29 is 0 Å². The number of nitriles is 1. The molecule has 0 saturated heterocycles. The number of benzene rings is 1. The summed E-state index contributed by atoms with van der Waals surface area (Å²) in [6, 6.07) is 9.94. The van der Waals surface area contributed by atoms with Crippen molar-refractivity contribution in [2.75, 3.05) is 17.6 Å². The number of hydrogen-bond acceptors (Lipinski definition) is 6. The number of hydrogen-bond donors (Lipinski definition) is 2. The first-order valence-electron chi connectivity index (χ1n) is 6.63. The van der Waals surface area contributed by atoms with Crippen LogP contribution in [0.3, 0.4) is 0 Å². The van der Waals surface area contributed by atoms with Crippen molar-refractivity contribution in [2.45, 2.75) is 13.3 Å². The molecule has 0 fully saturated rings. The van der Waals surface area contributed by atoms with Gasteiger partial charge in [0.25, 0.3) is 0 Å². The first kappa shape index (κ1) is 13.4. The van der Waals surface area contributed by atoms with Gasteiger partial charge in [0.2, 0.25) is 5.13 Å². The molecule has 0 atom stereocenters. The fourth-order valence-corrected chi connectivity index (χ4v) is 2.94. The second kappa shape index (κ2) is 5.42. The molecule has 7 heteroatoms. The molecule has 3 N–H and O–H groups in total. The zero-order chi connectivity index (χ0) is 14.8. The maximum atomic E-state index is 9.26. The third-order valence-electron chi connectivity index (χ3n) is 3.04. The fourth-order valence-electron chi connectivity index (χ4n) is 2.00. The quantitative estimate of drug-likeness (QED) is 0.772. The van der Waals surface area contributed by atoms with Crippen molar-refractivity contribution in [1.29, 1.82) is 5.26 Å². The van der Waals surface area contributed by atoms with Gasteiger partial charge in [-0.05, 0) is 18.6 Å². The van der Waals surface area contributed by atoms with Gasteiger partial charge in [0, 0.05) is 6.54 Å². The molecule has 1 aromatic carbocycles.